The first-order valence-electron chi connectivity index (χ1n) is 4.97. The van der Waals surface area contributed by atoms with Gasteiger partial charge in [-0.15, -0.1) is 0 Å². The molecule has 5 heteroatoms. The van der Waals surface area contributed by atoms with Crippen molar-refractivity contribution in [2.75, 3.05) is 17.6 Å². The van der Waals surface area contributed by atoms with Crippen molar-refractivity contribution in [3.05, 3.63) is 29.6 Å². The van der Waals surface area contributed by atoms with Crippen molar-refractivity contribution in [2.45, 2.75) is 19.8 Å². The molecule has 0 aliphatic carbocycles. The first-order chi connectivity index (χ1) is 7.23. The second-order valence-electron chi connectivity index (χ2n) is 4.09. The van der Waals surface area contributed by atoms with Crippen LogP contribution >= 0.6 is 0 Å². The third-order valence-electron chi connectivity index (χ3n) is 2.45. The van der Waals surface area contributed by atoms with Crippen molar-refractivity contribution in [3.8, 4) is 0 Å². The Balaban J connectivity index is 3.36. The number of hydrogen-bond acceptors (Lipinski definition) is 2. The first-order valence-corrected chi connectivity index (χ1v) is 6.81. The van der Waals surface area contributed by atoms with Gasteiger partial charge in [-0.3, -0.25) is 4.31 Å². The van der Waals surface area contributed by atoms with E-state index in [1.807, 2.05) is 13.8 Å². The van der Waals surface area contributed by atoms with Crippen LogP contribution in [0.2, 0.25) is 0 Å². The minimum atomic E-state index is -3.36. The summed E-state index contributed by atoms with van der Waals surface area (Å²) in [4.78, 5) is 0. The van der Waals surface area contributed by atoms with Gasteiger partial charge in [0.25, 0.3) is 0 Å². The lowest BCUT2D eigenvalue weighted by molar-refractivity contribution is 0.599. The molecule has 0 spiro atoms. The van der Waals surface area contributed by atoms with Crippen LogP contribution < -0.4 is 4.31 Å². The topological polar surface area (TPSA) is 37.4 Å². The molecule has 1 aromatic carbocycles. The number of hydrogen-bond donors (Lipinski definition) is 0. The van der Waals surface area contributed by atoms with Crippen LogP contribution in [0.4, 0.5) is 10.1 Å². The van der Waals surface area contributed by atoms with Gasteiger partial charge in [0.2, 0.25) is 10.0 Å². The van der Waals surface area contributed by atoms with Crippen LogP contribution in [-0.2, 0) is 10.0 Å². The average Bonchev–Trinajstić information content (AvgIpc) is 2.14. The van der Waals surface area contributed by atoms with Crippen LogP contribution in [0, 0.1) is 5.82 Å². The summed E-state index contributed by atoms with van der Waals surface area (Å²) >= 11 is 0. The van der Waals surface area contributed by atoms with Gasteiger partial charge in [-0.05, 0) is 23.6 Å². The normalized spacial score (nSPS) is 11.9. The van der Waals surface area contributed by atoms with Crippen molar-refractivity contribution >= 4 is 15.7 Å². The molecule has 0 amide bonds. The highest BCUT2D eigenvalue weighted by molar-refractivity contribution is 7.92. The summed E-state index contributed by atoms with van der Waals surface area (Å²) in [6.07, 6.45) is 1.10. The minimum Gasteiger partial charge on any atom is -0.273 e. The fourth-order valence-corrected chi connectivity index (χ4v) is 1.97. The number of rotatable bonds is 3. The van der Waals surface area contributed by atoms with E-state index in [9.17, 15) is 12.8 Å². The Bertz CT molecular complexity index is 483. The molecule has 0 heterocycles. The maximum atomic E-state index is 13.1. The maximum absolute atomic E-state index is 13.1. The Kier molecular flexibility index (Phi) is 3.57. The van der Waals surface area contributed by atoms with E-state index in [1.54, 1.807) is 6.07 Å². The van der Waals surface area contributed by atoms with Gasteiger partial charge in [-0.1, -0.05) is 19.9 Å². The summed E-state index contributed by atoms with van der Waals surface area (Å²) in [6.45, 7) is 3.87. The summed E-state index contributed by atoms with van der Waals surface area (Å²) in [5, 5.41) is 0. The van der Waals surface area contributed by atoms with E-state index in [1.165, 1.54) is 19.2 Å². The zero-order valence-corrected chi connectivity index (χ0v) is 10.7. The molecule has 16 heavy (non-hydrogen) atoms. The fraction of sp³-hybridized carbons (Fsp3) is 0.455. The van der Waals surface area contributed by atoms with Gasteiger partial charge >= 0.3 is 0 Å². The van der Waals surface area contributed by atoms with Gasteiger partial charge < -0.3 is 0 Å². The Morgan fingerprint density at radius 2 is 1.88 bits per heavy atom. The van der Waals surface area contributed by atoms with E-state index in [-0.39, 0.29) is 5.92 Å². The molecule has 0 saturated carbocycles. The van der Waals surface area contributed by atoms with E-state index in [2.05, 4.69) is 0 Å². The highest BCUT2D eigenvalue weighted by Crippen LogP contribution is 2.28. The van der Waals surface area contributed by atoms with Crippen LogP contribution in [0.15, 0.2) is 18.2 Å². The number of benzene rings is 1. The maximum Gasteiger partial charge on any atom is 0.232 e. The molecule has 0 N–H and O–H groups in total. The van der Waals surface area contributed by atoms with Crippen LogP contribution in [0.5, 0.6) is 0 Å². The predicted octanol–water partition coefficient (Wildman–Crippen LogP) is 2.34. The molecule has 90 valence electrons. The van der Waals surface area contributed by atoms with Crippen molar-refractivity contribution in [3.63, 3.8) is 0 Å². The van der Waals surface area contributed by atoms with Gasteiger partial charge in [0.15, 0.2) is 0 Å². The van der Waals surface area contributed by atoms with Crippen LogP contribution in [0.3, 0.4) is 0 Å². The molecule has 0 bridgehead atoms. The van der Waals surface area contributed by atoms with Crippen LogP contribution in [-0.4, -0.2) is 21.7 Å². The molecule has 0 saturated heterocycles. The van der Waals surface area contributed by atoms with Crippen molar-refractivity contribution in [2.24, 2.45) is 0 Å². The SMILES string of the molecule is CC(C)c1ccc(F)cc1N(C)S(C)(=O)=O. The Hall–Kier alpha value is -1.10. The third-order valence-corrected chi connectivity index (χ3v) is 3.64. The summed E-state index contributed by atoms with van der Waals surface area (Å²) in [5.74, 6) is -0.297. The number of anilines is 1. The van der Waals surface area contributed by atoms with E-state index in [4.69, 9.17) is 0 Å². The predicted molar refractivity (Wildman–Crippen MR) is 63.7 cm³/mol. The lowest BCUT2D eigenvalue weighted by Crippen LogP contribution is -2.26. The van der Waals surface area contributed by atoms with Gasteiger partial charge in [-0.25, -0.2) is 12.8 Å². The quantitative estimate of drug-likeness (QED) is 0.819. The molecule has 3 nitrogen and oxygen atoms in total. The summed E-state index contributed by atoms with van der Waals surface area (Å²) in [7, 11) is -1.94. The lowest BCUT2D eigenvalue weighted by Gasteiger charge is -2.22. The summed E-state index contributed by atoms with van der Waals surface area (Å²) in [6, 6.07) is 4.21. The average molecular weight is 245 g/mol. The summed E-state index contributed by atoms with van der Waals surface area (Å²) < 4.78 is 37.1. The Morgan fingerprint density at radius 3 is 2.31 bits per heavy atom. The standard InChI is InChI=1S/C11H16FNO2S/c1-8(2)10-6-5-9(12)7-11(10)13(3)16(4,14)15/h5-8H,1-4H3. The van der Waals surface area contributed by atoms with Crippen molar-refractivity contribution in [1.82, 2.24) is 0 Å². The lowest BCUT2D eigenvalue weighted by atomic mass is 10.0. The largest absolute Gasteiger partial charge is 0.273 e. The fourth-order valence-electron chi connectivity index (χ4n) is 1.46. The van der Waals surface area contributed by atoms with E-state index in [0.717, 1.165) is 16.1 Å². The molecular weight excluding hydrogens is 229 g/mol. The molecule has 0 aromatic heterocycles. The molecule has 0 aliphatic heterocycles. The minimum absolute atomic E-state index is 0.139. The Morgan fingerprint density at radius 1 is 1.31 bits per heavy atom. The highest BCUT2D eigenvalue weighted by atomic mass is 32.2. The molecular formula is C11H16FNO2S. The van der Waals surface area contributed by atoms with Crippen molar-refractivity contribution in [1.29, 1.82) is 0 Å². The highest BCUT2D eigenvalue weighted by Gasteiger charge is 2.17. The molecule has 0 unspecified atom stereocenters. The van der Waals surface area contributed by atoms with E-state index < -0.39 is 15.8 Å². The summed E-state index contributed by atoms with van der Waals surface area (Å²) in [5.41, 5.74) is 1.21. The van der Waals surface area contributed by atoms with Crippen LogP contribution in [0.25, 0.3) is 0 Å². The van der Waals surface area contributed by atoms with E-state index >= 15 is 0 Å². The van der Waals surface area contributed by atoms with Gasteiger partial charge in [0, 0.05) is 7.05 Å². The van der Waals surface area contributed by atoms with Crippen LogP contribution in [0.1, 0.15) is 25.3 Å². The van der Waals surface area contributed by atoms with Gasteiger partial charge in [0.05, 0.1) is 11.9 Å². The molecule has 0 aliphatic rings. The second kappa shape index (κ2) is 4.41. The van der Waals surface area contributed by atoms with Crippen molar-refractivity contribution < 1.29 is 12.8 Å². The zero-order valence-electron chi connectivity index (χ0n) is 9.86. The first kappa shape index (κ1) is 13.0. The number of sulfonamides is 1. The zero-order chi connectivity index (χ0) is 12.5. The monoisotopic (exact) mass is 245 g/mol. The number of halogens is 1. The van der Waals surface area contributed by atoms with E-state index in [0.29, 0.717) is 5.69 Å². The molecule has 0 atom stereocenters. The molecule has 1 rings (SSSR count). The third kappa shape index (κ3) is 2.72. The smallest absolute Gasteiger partial charge is 0.232 e. The molecule has 0 fully saturated rings. The van der Waals surface area contributed by atoms with Gasteiger partial charge in [0.1, 0.15) is 5.82 Å². The molecule has 0 radical (unpaired) electrons. The molecule has 1 aromatic rings. The second-order valence-corrected chi connectivity index (χ2v) is 6.10. The number of nitrogens with zero attached hydrogens (tertiary/aromatic N) is 1. The Labute approximate surface area is 95.9 Å². The van der Waals surface area contributed by atoms with Gasteiger partial charge in [-0.2, -0.15) is 0 Å².